The molecule has 0 heterocycles. The molecule has 2 aromatic carbocycles. The van der Waals surface area contributed by atoms with Gasteiger partial charge in [-0.1, -0.05) is 54.5 Å². The summed E-state index contributed by atoms with van der Waals surface area (Å²) in [5.74, 6) is 3.47. The average molecular weight is 357 g/mol. The van der Waals surface area contributed by atoms with Crippen LogP contribution in [0.25, 0.3) is 0 Å². The van der Waals surface area contributed by atoms with E-state index in [0.717, 1.165) is 16.9 Å². The van der Waals surface area contributed by atoms with Crippen LogP contribution in [0.15, 0.2) is 54.6 Å². The maximum atomic E-state index is 12.1. The van der Waals surface area contributed by atoms with Crippen LogP contribution in [0.5, 0.6) is 5.75 Å². The molecule has 0 unspecified atom stereocenters. The molecule has 4 nitrogen and oxygen atoms in total. The number of ether oxygens (including phenoxy) is 1. The summed E-state index contributed by atoms with van der Waals surface area (Å²) in [4.78, 5) is 0. The molecule has 5 heteroatoms. The fourth-order valence-electron chi connectivity index (χ4n) is 2.45. The van der Waals surface area contributed by atoms with Gasteiger partial charge in [-0.05, 0) is 24.6 Å². The molecule has 2 aromatic rings. The predicted octanol–water partition coefficient (Wildman–Crippen LogP) is 2.79. The molecular formula is C20H23NO3S. The van der Waals surface area contributed by atoms with Gasteiger partial charge in [0.25, 0.3) is 0 Å². The molecule has 1 N–H and O–H groups in total. The van der Waals surface area contributed by atoms with Crippen LogP contribution in [0.4, 0.5) is 0 Å². The number of sulfone groups is 1. The molecule has 0 aliphatic heterocycles. The summed E-state index contributed by atoms with van der Waals surface area (Å²) >= 11 is 0. The number of rotatable bonds is 10. The van der Waals surface area contributed by atoms with Crippen LogP contribution < -0.4 is 10.1 Å². The number of terminal acetylenes is 1. The molecule has 0 radical (unpaired) electrons. The average Bonchev–Trinajstić information content (AvgIpc) is 2.61. The second-order valence-electron chi connectivity index (χ2n) is 5.71. The molecule has 0 aromatic heterocycles. The van der Waals surface area contributed by atoms with Crippen molar-refractivity contribution in [2.45, 2.75) is 18.7 Å². The Labute approximate surface area is 150 Å². The number of hydrogen-bond acceptors (Lipinski definition) is 4. The second kappa shape index (κ2) is 9.87. The second-order valence-corrected chi connectivity index (χ2v) is 7.89. The predicted molar refractivity (Wildman–Crippen MR) is 101 cm³/mol. The summed E-state index contributed by atoms with van der Waals surface area (Å²) < 4.78 is 29.8. The van der Waals surface area contributed by atoms with Crippen LogP contribution in [0.2, 0.25) is 0 Å². The molecule has 25 heavy (non-hydrogen) atoms. The normalized spacial score (nSPS) is 11.0. The van der Waals surface area contributed by atoms with Gasteiger partial charge in [0.1, 0.15) is 12.4 Å². The smallest absolute Gasteiger partial charge is 0.154 e. The first-order chi connectivity index (χ1) is 12.1. The largest absolute Gasteiger partial charge is 0.481 e. The van der Waals surface area contributed by atoms with Crippen LogP contribution in [0.3, 0.4) is 0 Å². The van der Waals surface area contributed by atoms with Gasteiger partial charge in [0.2, 0.25) is 0 Å². The molecule has 0 saturated carbocycles. The highest BCUT2D eigenvalue weighted by Crippen LogP contribution is 2.17. The van der Waals surface area contributed by atoms with Crippen LogP contribution >= 0.6 is 0 Å². The summed E-state index contributed by atoms with van der Waals surface area (Å²) in [5, 5.41) is 3.26. The van der Waals surface area contributed by atoms with Gasteiger partial charge in [-0.3, -0.25) is 0 Å². The Hall–Kier alpha value is -2.29. The van der Waals surface area contributed by atoms with E-state index in [2.05, 4.69) is 11.2 Å². The number of benzene rings is 2. The molecule has 0 amide bonds. The monoisotopic (exact) mass is 357 g/mol. The molecule has 0 fully saturated rings. The third kappa shape index (κ3) is 7.00. The van der Waals surface area contributed by atoms with Crippen molar-refractivity contribution in [1.82, 2.24) is 5.32 Å². The van der Waals surface area contributed by atoms with E-state index in [0.29, 0.717) is 19.5 Å². The quantitative estimate of drug-likeness (QED) is 0.525. The topological polar surface area (TPSA) is 55.4 Å². The van der Waals surface area contributed by atoms with Crippen LogP contribution in [0.1, 0.15) is 17.5 Å². The molecule has 0 aliphatic carbocycles. The molecule has 132 valence electrons. The van der Waals surface area contributed by atoms with E-state index in [4.69, 9.17) is 11.2 Å². The zero-order chi connectivity index (χ0) is 18.0. The van der Waals surface area contributed by atoms with Crippen molar-refractivity contribution in [1.29, 1.82) is 0 Å². The van der Waals surface area contributed by atoms with Gasteiger partial charge < -0.3 is 10.1 Å². The summed E-state index contributed by atoms with van der Waals surface area (Å²) in [6, 6.07) is 16.9. The van der Waals surface area contributed by atoms with E-state index >= 15 is 0 Å². The van der Waals surface area contributed by atoms with Gasteiger partial charge >= 0.3 is 0 Å². The summed E-state index contributed by atoms with van der Waals surface area (Å²) in [6.07, 6.45) is 5.79. The Morgan fingerprint density at radius 1 is 1.04 bits per heavy atom. The van der Waals surface area contributed by atoms with Crippen LogP contribution in [0, 0.1) is 12.3 Å². The van der Waals surface area contributed by atoms with E-state index in [1.54, 1.807) is 0 Å². The highest BCUT2D eigenvalue weighted by Gasteiger charge is 2.11. The summed E-state index contributed by atoms with van der Waals surface area (Å²) in [7, 11) is -3.09. The fourth-order valence-corrected chi connectivity index (χ4v) is 3.88. The van der Waals surface area contributed by atoms with Crippen LogP contribution in [-0.4, -0.2) is 27.3 Å². The van der Waals surface area contributed by atoms with Gasteiger partial charge in [0.15, 0.2) is 9.84 Å². The minimum Gasteiger partial charge on any atom is -0.481 e. The highest BCUT2D eigenvalue weighted by atomic mass is 32.2. The van der Waals surface area contributed by atoms with E-state index < -0.39 is 9.84 Å². The Morgan fingerprint density at radius 3 is 2.52 bits per heavy atom. The maximum Gasteiger partial charge on any atom is 0.154 e. The van der Waals surface area contributed by atoms with Crippen LogP contribution in [-0.2, 0) is 22.1 Å². The maximum absolute atomic E-state index is 12.1. The lowest BCUT2D eigenvalue weighted by molar-refractivity contribution is 0.365. The molecule has 0 spiro atoms. The minimum atomic E-state index is -3.09. The SMILES string of the molecule is C#CCOc1ccccc1CNCCCS(=O)(=O)Cc1ccccc1. The lowest BCUT2D eigenvalue weighted by Gasteiger charge is -2.10. The van der Waals surface area contributed by atoms with Gasteiger partial charge in [-0.2, -0.15) is 0 Å². The number of hydrogen-bond donors (Lipinski definition) is 1. The first-order valence-corrected chi connectivity index (χ1v) is 10.0. The van der Waals surface area contributed by atoms with E-state index in [-0.39, 0.29) is 18.1 Å². The zero-order valence-corrected chi connectivity index (χ0v) is 15.0. The van der Waals surface area contributed by atoms with Crippen molar-refractivity contribution in [2.24, 2.45) is 0 Å². The molecule has 0 saturated heterocycles. The number of nitrogens with one attached hydrogen (secondary N) is 1. The van der Waals surface area contributed by atoms with Crippen molar-refractivity contribution in [2.75, 3.05) is 18.9 Å². The van der Waals surface area contributed by atoms with Gasteiger partial charge in [0, 0.05) is 12.1 Å². The Kier molecular flexibility index (Phi) is 7.52. The standard InChI is InChI=1S/C20H23NO3S/c1-2-14-24-20-12-7-6-11-19(20)16-21-13-8-15-25(22,23)17-18-9-4-3-5-10-18/h1,3-7,9-12,21H,8,13-17H2. The molecule has 0 bridgehead atoms. The third-order valence-electron chi connectivity index (χ3n) is 3.64. The Bertz CT molecular complexity index is 795. The molecule has 0 atom stereocenters. The first-order valence-electron chi connectivity index (χ1n) is 8.20. The summed E-state index contributed by atoms with van der Waals surface area (Å²) in [6.45, 7) is 1.46. The van der Waals surface area contributed by atoms with Crippen molar-refractivity contribution in [3.8, 4) is 18.1 Å². The van der Waals surface area contributed by atoms with Crippen molar-refractivity contribution in [3.05, 3.63) is 65.7 Å². The van der Waals surface area contributed by atoms with Gasteiger partial charge in [-0.15, -0.1) is 6.42 Å². The van der Waals surface area contributed by atoms with Gasteiger partial charge in [0.05, 0.1) is 11.5 Å². The van der Waals surface area contributed by atoms with Crippen molar-refractivity contribution in [3.63, 3.8) is 0 Å². The minimum absolute atomic E-state index is 0.0939. The lowest BCUT2D eigenvalue weighted by atomic mass is 10.2. The van der Waals surface area contributed by atoms with Gasteiger partial charge in [-0.25, -0.2) is 8.42 Å². The lowest BCUT2D eigenvalue weighted by Crippen LogP contribution is -2.19. The van der Waals surface area contributed by atoms with Crippen molar-refractivity contribution < 1.29 is 13.2 Å². The van der Waals surface area contributed by atoms with E-state index in [1.165, 1.54) is 0 Å². The Balaban J connectivity index is 1.74. The van der Waals surface area contributed by atoms with Crippen molar-refractivity contribution >= 4 is 9.84 Å². The molecule has 0 aliphatic rings. The van der Waals surface area contributed by atoms with E-state index in [1.807, 2.05) is 54.6 Å². The third-order valence-corrected chi connectivity index (χ3v) is 5.32. The first kappa shape index (κ1) is 19.0. The van der Waals surface area contributed by atoms with E-state index in [9.17, 15) is 8.42 Å². The Morgan fingerprint density at radius 2 is 1.76 bits per heavy atom. The highest BCUT2D eigenvalue weighted by molar-refractivity contribution is 7.90. The summed E-state index contributed by atoms with van der Waals surface area (Å²) in [5.41, 5.74) is 1.83. The zero-order valence-electron chi connectivity index (χ0n) is 14.1. The molecular weight excluding hydrogens is 334 g/mol. The fraction of sp³-hybridized carbons (Fsp3) is 0.300. The molecule has 2 rings (SSSR count). The number of para-hydroxylation sites is 1.